The van der Waals surface area contributed by atoms with E-state index in [-0.39, 0.29) is 18.1 Å². The highest BCUT2D eigenvalue weighted by Gasteiger charge is 2.46. The number of nitrogens with zero attached hydrogens (tertiary/aromatic N) is 3. The smallest absolute Gasteiger partial charge is 0.322 e. The van der Waals surface area contributed by atoms with Crippen molar-refractivity contribution in [3.8, 4) is 0 Å². The molecule has 8 nitrogen and oxygen atoms in total. The Morgan fingerprint density at radius 1 is 1.07 bits per heavy atom. The molecule has 2 fully saturated rings. The average Bonchev–Trinajstić information content (AvgIpc) is 3.41. The van der Waals surface area contributed by atoms with Gasteiger partial charge in [0, 0.05) is 18.8 Å². The second-order valence-electron chi connectivity index (χ2n) is 7.27. The van der Waals surface area contributed by atoms with Crippen LogP contribution in [-0.4, -0.2) is 52.0 Å². The highest BCUT2D eigenvalue weighted by atomic mass is 16.2. The molecule has 2 atom stereocenters. The van der Waals surface area contributed by atoms with Gasteiger partial charge in [0.25, 0.3) is 5.91 Å². The number of piperazine rings is 1. The van der Waals surface area contributed by atoms with Crippen molar-refractivity contribution in [1.82, 2.24) is 14.9 Å². The molecular weight excluding hydrogens is 356 g/mol. The lowest BCUT2D eigenvalue weighted by Crippen LogP contribution is -2.50. The summed E-state index contributed by atoms with van der Waals surface area (Å²) < 4.78 is 0. The number of rotatable bonds is 3. The summed E-state index contributed by atoms with van der Waals surface area (Å²) in [5.74, 6) is 0.231. The number of primary amides is 1. The molecule has 28 heavy (non-hydrogen) atoms. The number of H-pyrrole nitrogens is 1. The number of anilines is 2. The van der Waals surface area contributed by atoms with Gasteiger partial charge in [0.05, 0.1) is 23.2 Å². The van der Waals surface area contributed by atoms with Crippen LogP contribution >= 0.6 is 0 Å². The molecule has 0 radical (unpaired) electrons. The predicted molar refractivity (Wildman–Crippen MR) is 106 cm³/mol. The first kappa shape index (κ1) is 16.6. The normalized spacial score (nSPS) is 20.7. The van der Waals surface area contributed by atoms with Crippen molar-refractivity contribution >= 4 is 34.6 Å². The van der Waals surface area contributed by atoms with Gasteiger partial charge < -0.3 is 25.8 Å². The zero-order valence-corrected chi connectivity index (χ0v) is 15.1. The summed E-state index contributed by atoms with van der Waals surface area (Å²) in [5.41, 5.74) is 8.04. The van der Waals surface area contributed by atoms with Crippen molar-refractivity contribution in [2.45, 2.75) is 18.5 Å². The lowest BCUT2D eigenvalue weighted by molar-refractivity contribution is 0.100. The molecule has 3 amide bonds. The summed E-state index contributed by atoms with van der Waals surface area (Å²) in [6, 6.07) is 15.1. The number of hydrogen-bond acceptors (Lipinski definition) is 4. The van der Waals surface area contributed by atoms with Crippen LogP contribution in [0.1, 0.15) is 16.8 Å². The van der Waals surface area contributed by atoms with Gasteiger partial charge in [-0.15, -0.1) is 0 Å². The number of benzene rings is 2. The Labute approximate surface area is 161 Å². The van der Waals surface area contributed by atoms with Crippen molar-refractivity contribution in [3.05, 3.63) is 54.1 Å². The molecule has 0 saturated carbocycles. The first-order valence-electron chi connectivity index (χ1n) is 9.28. The van der Waals surface area contributed by atoms with Crippen molar-refractivity contribution in [2.75, 3.05) is 23.3 Å². The summed E-state index contributed by atoms with van der Waals surface area (Å²) in [5, 5.41) is 2.96. The lowest BCUT2D eigenvalue weighted by atomic mass is 10.2. The number of aromatic nitrogens is 2. The van der Waals surface area contributed by atoms with Crippen molar-refractivity contribution in [1.29, 1.82) is 0 Å². The Morgan fingerprint density at radius 3 is 2.61 bits per heavy atom. The molecule has 2 aliphatic heterocycles. The fourth-order valence-corrected chi connectivity index (χ4v) is 4.25. The molecular formula is C20H20N6O2. The fourth-order valence-electron chi connectivity index (χ4n) is 4.25. The first-order valence-corrected chi connectivity index (χ1v) is 9.28. The number of urea groups is 1. The molecule has 0 aliphatic carbocycles. The molecule has 5 rings (SSSR count). The second kappa shape index (κ2) is 6.26. The summed E-state index contributed by atoms with van der Waals surface area (Å²) >= 11 is 0. The van der Waals surface area contributed by atoms with Gasteiger partial charge in [-0.1, -0.05) is 24.3 Å². The molecule has 1 aromatic heterocycles. The van der Waals surface area contributed by atoms with Crippen molar-refractivity contribution < 1.29 is 9.59 Å². The summed E-state index contributed by atoms with van der Waals surface area (Å²) in [7, 11) is 0. The molecule has 4 N–H and O–H groups in total. The fraction of sp³-hybridized carbons (Fsp3) is 0.250. The van der Waals surface area contributed by atoms with E-state index in [0.29, 0.717) is 24.2 Å². The first-order chi connectivity index (χ1) is 13.6. The summed E-state index contributed by atoms with van der Waals surface area (Å²) in [6.45, 7) is 1.35. The molecule has 3 heterocycles. The highest BCUT2D eigenvalue weighted by molar-refractivity contribution is 6.04. The third kappa shape index (κ3) is 2.65. The van der Waals surface area contributed by atoms with E-state index in [1.165, 1.54) is 0 Å². The van der Waals surface area contributed by atoms with E-state index in [1.54, 1.807) is 12.1 Å². The minimum atomic E-state index is -0.490. The number of fused-ring (bicyclic) bond motifs is 3. The number of likely N-dealkylation sites (tertiary alicyclic amines) is 1. The molecule has 0 unspecified atom stereocenters. The molecule has 2 aliphatic rings. The number of carbonyl (C=O) groups excluding carboxylic acids is 2. The van der Waals surface area contributed by atoms with E-state index in [9.17, 15) is 9.59 Å². The number of amides is 3. The van der Waals surface area contributed by atoms with Gasteiger partial charge in [-0.2, -0.15) is 0 Å². The minimum absolute atomic E-state index is 0.0704. The molecule has 8 heteroatoms. The molecule has 2 saturated heterocycles. The van der Waals surface area contributed by atoms with Crippen molar-refractivity contribution in [3.63, 3.8) is 0 Å². The topological polar surface area (TPSA) is 107 Å². The SMILES string of the molecule is NC(=O)c1cccc2[nH]c(N3C[C@@H]4C[C@H]3CN4C(=O)Nc3ccccc3)nc12. The second-order valence-corrected chi connectivity index (χ2v) is 7.27. The van der Waals surface area contributed by atoms with Gasteiger partial charge in [-0.3, -0.25) is 4.79 Å². The van der Waals surface area contributed by atoms with Crippen LogP contribution in [-0.2, 0) is 0 Å². The Morgan fingerprint density at radius 2 is 1.89 bits per heavy atom. The Balaban J connectivity index is 1.33. The van der Waals surface area contributed by atoms with Gasteiger partial charge in [0.1, 0.15) is 5.52 Å². The highest BCUT2D eigenvalue weighted by Crippen LogP contribution is 2.34. The number of nitrogens with two attached hydrogens (primary N) is 1. The van der Waals surface area contributed by atoms with Crippen LogP contribution < -0.4 is 16.0 Å². The van der Waals surface area contributed by atoms with E-state index >= 15 is 0 Å². The maximum Gasteiger partial charge on any atom is 0.322 e. The van der Waals surface area contributed by atoms with E-state index in [4.69, 9.17) is 5.73 Å². The third-order valence-corrected chi connectivity index (χ3v) is 5.56. The zero-order chi connectivity index (χ0) is 19.3. The monoisotopic (exact) mass is 376 g/mol. The van der Waals surface area contributed by atoms with E-state index in [1.807, 2.05) is 41.3 Å². The third-order valence-electron chi connectivity index (χ3n) is 5.56. The van der Waals surface area contributed by atoms with Crippen LogP contribution in [0.2, 0.25) is 0 Å². The molecule has 0 spiro atoms. The Hall–Kier alpha value is -3.55. The van der Waals surface area contributed by atoms with E-state index < -0.39 is 5.91 Å². The van der Waals surface area contributed by atoms with Crippen molar-refractivity contribution in [2.24, 2.45) is 5.73 Å². The van der Waals surface area contributed by atoms with E-state index in [2.05, 4.69) is 20.2 Å². The number of hydrogen-bond donors (Lipinski definition) is 3. The molecule has 142 valence electrons. The number of imidazole rings is 1. The Kier molecular flexibility index (Phi) is 3.71. The lowest BCUT2D eigenvalue weighted by Gasteiger charge is -2.34. The molecule has 2 aromatic carbocycles. The van der Waals surface area contributed by atoms with E-state index in [0.717, 1.165) is 23.6 Å². The molecule has 3 aromatic rings. The number of nitrogens with one attached hydrogen (secondary N) is 2. The van der Waals surface area contributed by atoms with Gasteiger partial charge in [0.15, 0.2) is 0 Å². The maximum atomic E-state index is 12.6. The zero-order valence-electron chi connectivity index (χ0n) is 15.1. The summed E-state index contributed by atoms with van der Waals surface area (Å²) in [6.07, 6.45) is 0.905. The standard InChI is InChI=1S/C20H20N6O2/c21-18(27)15-7-4-8-16-17(15)24-19(23-16)25-10-14-9-13(25)11-26(14)20(28)22-12-5-2-1-3-6-12/h1-8,13-14H,9-11H2,(H2,21,27)(H,22,28)(H,23,24)/t13-,14-/m0/s1. The van der Waals surface area contributed by atoms with Crippen LogP contribution in [0.25, 0.3) is 11.0 Å². The van der Waals surface area contributed by atoms with Gasteiger partial charge in [-0.05, 0) is 30.7 Å². The predicted octanol–water partition coefficient (Wildman–Crippen LogP) is 2.16. The van der Waals surface area contributed by atoms with Gasteiger partial charge in [0.2, 0.25) is 5.95 Å². The Bertz CT molecular complexity index is 1060. The van der Waals surface area contributed by atoms with Crippen LogP contribution in [0, 0.1) is 0 Å². The quantitative estimate of drug-likeness (QED) is 0.651. The number of para-hydroxylation sites is 2. The average molecular weight is 376 g/mol. The van der Waals surface area contributed by atoms with Gasteiger partial charge in [-0.25, -0.2) is 9.78 Å². The maximum absolute atomic E-state index is 12.6. The number of carbonyl (C=O) groups is 2. The van der Waals surface area contributed by atoms with Crippen LogP contribution in [0.4, 0.5) is 16.4 Å². The summed E-state index contributed by atoms with van der Waals surface area (Å²) in [4.78, 5) is 36.3. The van der Waals surface area contributed by atoms with Crippen LogP contribution in [0.15, 0.2) is 48.5 Å². The van der Waals surface area contributed by atoms with Crippen LogP contribution in [0.3, 0.4) is 0 Å². The number of aromatic amines is 1. The molecule has 2 bridgehead atoms. The minimum Gasteiger partial charge on any atom is -0.366 e. The van der Waals surface area contributed by atoms with Gasteiger partial charge >= 0.3 is 6.03 Å². The van der Waals surface area contributed by atoms with Crippen LogP contribution in [0.5, 0.6) is 0 Å². The largest absolute Gasteiger partial charge is 0.366 e.